The Kier molecular flexibility index (Phi) is 7.17. The van der Waals surface area contributed by atoms with E-state index in [0.29, 0.717) is 29.4 Å². The fraction of sp³-hybridized carbons (Fsp3) is 0.476. The molecule has 1 aromatic heterocycles. The van der Waals surface area contributed by atoms with E-state index in [2.05, 4.69) is 27.7 Å². The zero-order chi connectivity index (χ0) is 19.9. The first-order chi connectivity index (χ1) is 13.7. The lowest BCUT2D eigenvalue weighted by atomic mass is 10.1. The van der Waals surface area contributed by atoms with Crippen LogP contribution < -0.4 is 19.5 Å². The molecule has 6 nitrogen and oxygen atoms in total. The fourth-order valence-corrected chi connectivity index (χ4v) is 4.49. The zero-order valence-corrected chi connectivity index (χ0v) is 17.5. The van der Waals surface area contributed by atoms with E-state index in [-0.39, 0.29) is 11.9 Å². The molecule has 0 aliphatic carbocycles. The first-order valence-electron chi connectivity index (χ1n) is 9.53. The molecular weight excluding hydrogens is 376 g/mol. The van der Waals surface area contributed by atoms with Crippen LogP contribution in [-0.4, -0.2) is 51.8 Å². The van der Waals surface area contributed by atoms with Crippen molar-refractivity contribution < 1.29 is 19.0 Å². The molecule has 152 valence electrons. The first-order valence-corrected chi connectivity index (χ1v) is 10.4. The van der Waals surface area contributed by atoms with Crippen LogP contribution in [0.4, 0.5) is 0 Å². The van der Waals surface area contributed by atoms with Crippen molar-refractivity contribution in [2.75, 3.05) is 41.0 Å². The molecule has 0 bridgehead atoms. The summed E-state index contributed by atoms with van der Waals surface area (Å²) in [5.74, 6) is 1.26. The van der Waals surface area contributed by atoms with Gasteiger partial charge in [0.15, 0.2) is 11.5 Å². The van der Waals surface area contributed by atoms with Crippen molar-refractivity contribution in [3.8, 4) is 17.2 Å². The number of nitrogens with zero attached hydrogens (tertiary/aromatic N) is 1. The van der Waals surface area contributed by atoms with E-state index in [0.717, 1.165) is 13.1 Å². The van der Waals surface area contributed by atoms with Crippen LogP contribution in [0, 0.1) is 0 Å². The number of thiophene rings is 1. The summed E-state index contributed by atoms with van der Waals surface area (Å²) in [6.45, 7) is 2.71. The normalized spacial score (nSPS) is 15.7. The molecule has 1 saturated heterocycles. The van der Waals surface area contributed by atoms with Crippen molar-refractivity contribution in [1.29, 1.82) is 0 Å². The van der Waals surface area contributed by atoms with Gasteiger partial charge >= 0.3 is 0 Å². The number of likely N-dealkylation sites (tertiary alicyclic amines) is 1. The Hall–Kier alpha value is -2.25. The second-order valence-electron chi connectivity index (χ2n) is 6.75. The number of piperidine rings is 1. The van der Waals surface area contributed by atoms with Gasteiger partial charge in [-0.1, -0.05) is 12.5 Å². The number of rotatable bonds is 8. The highest BCUT2D eigenvalue weighted by molar-refractivity contribution is 7.10. The summed E-state index contributed by atoms with van der Waals surface area (Å²) in [4.78, 5) is 16.6. The van der Waals surface area contributed by atoms with Gasteiger partial charge in [-0.05, 0) is 49.5 Å². The molecule has 28 heavy (non-hydrogen) atoms. The van der Waals surface area contributed by atoms with E-state index in [1.54, 1.807) is 44.8 Å². The molecule has 1 fully saturated rings. The maximum absolute atomic E-state index is 12.9. The van der Waals surface area contributed by atoms with Crippen molar-refractivity contribution in [2.24, 2.45) is 0 Å². The fourth-order valence-electron chi connectivity index (χ4n) is 3.62. The summed E-state index contributed by atoms with van der Waals surface area (Å²) in [7, 11) is 4.63. The van der Waals surface area contributed by atoms with Crippen LogP contribution >= 0.6 is 11.3 Å². The predicted molar refractivity (Wildman–Crippen MR) is 111 cm³/mol. The summed E-state index contributed by atoms with van der Waals surface area (Å²) in [6, 6.07) is 7.77. The molecule has 0 unspecified atom stereocenters. The molecule has 1 aliphatic heterocycles. The van der Waals surface area contributed by atoms with Gasteiger partial charge in [0, 0.05) is 17.0 Å². The quantitative estimate of drug-likeness (QED) is 0.726. The maximum atomic E-state index is 12.9. The molecule has 1 atom stereocenters. The van der Waals surface area contributed by atoms with Gasteiger partial charge in [-0.25, -0.2) is 0 Å². The summed E-state index contributed by atoms with van der Waals surface area (Å²) in [5.41, 5.74) is 0.484. The highest BCUT2D eigenvalue weighted by Gasteiger charge is 2.24. The summed E-state index contributed by atoms with van der Waals surface area (Å²) >= 11 is 1.74. The van der Waals surface area contributed by atoms with Gasteiger partial charge in [0.2, 0.25) is 5.75 Å². The second-order valence-corrected chi connectivity index (χ2v) is 7.73. The Bertz CT molecular complexity index is 748. The number of ether oxygens (including phenoxy) is 3. The third-order valence-corrected chi connectivity index (χ3v) is 6.06. The standard InChI is InChI=1S/C21H28N2O4S/c1-25-17-12-15(13-18(26-2)20(17)27-3)21(24)22-14-16(19-8-7-11-28-19)23-9-5-4-6-10-23/h7-8,11-13,16H,4-6,9-10,14H2,1-3H3,(H,22,24)/t16-/m1/s1. The van der Waals surface area contributed by atoms with Crippen LogP contribution in [0.2, 0.25) is 0 Å². The number of methoxy groups -OCH3 is 3. The highest BCUT2D eigenvalue weighted by Crippen LogP contribution is 2.38. The lowest BCUT2D eigenvalue weighted by Gasteiger charge is -2.34. The van der Waals surface area contributed by atoms with Gasteiger partial charge < -0.3 is 19.5 Å². The van der Waals surface area contributed by atoms with Gasteiger partial charge in [-0.15, -0.1) is 11.3 Å². The molecule has 0 radical (unpaired) electrons. The molecule has 1 aromatic carbocycles. The largest absolute Gasteiger partial charge is 0.493 e. The molecule has 7 heteroatoms. The van der Waals surface area contributed by atoms with Gasteiger partial charge in [0.05, 0.1) is 27.4 Å². The smallest absolute Gasteiger partial charge is 0.251 e. The Labute approximate surface area is 170 Å². The van der Waals surface area contributed by atoms with Crippen molar-refractivity contribution in [3.05, 3.63) is 40.1 Å². The number of benzene rings is 1. The summed E-state index contributed by atoms with van der Waals surface area (Å²) in [6.07, 6.45) is 3.71. The number of carbonyl (C=O) groups is 1. The molecule has 1 aliphatic rings. The van der Waals surface area contributed by atoms with E-state index in [4.69, 9.17) is 14.2 Å². The SMILES string of the molecule is COc1cc(C(=O)NC[C@H](c2cccs2)N2CCCCC2)cc(OC)c1OC. The van der Waals surface area contributed by atoms with Gasteiger partial charge in [-0.2, -0.15) is 0 Å². The van der Waals surface area contributed by atoms with Crippen molar-refractivity contribution >= 4 is 17.2 Å². The lowest BCUT2D eigenvalue weighted by Crippen LogP contribution is -2.40. The number of amides is 1. The van der Waals surface area contributed by atoms with Crippen LogP contribution in [0.1, 0.15) is 40.5 Å². The molecule has 1 amide bonds. The predicted octanol–water partition coefficient (Wildman–Crippen LogP) is 3.73. The lowest BCUT2D eigenvalue weighted by molar-refractivity contribution is 0.0925. The Morgan fingerprint density at radius 1 is 1.11 bits per heavy atom. The molecular formula is C21H28N2O4S. The van der Waals surface area contributed by atoms with Gasteiger partial charge in [0.25, 0.3) is 5.91 Å². The van der Waals surface area contributed by atoms with E-state index in [9.17, 15) is 4.79 Å². The Balaban J connectivity index is 1.75. The Morgan fingerprint density at radius 2 is 1.79 bits per heavy atom. The molecule has 1 N–H and O–H groups in total. The minimum atomic E-state index is -0.155. The summed E-state index contributed by atoms with van der Waals surface area (Å²) in [5, 5.41) is 5.19. The molecule has 2 heterocycles. The average Bonchev–Trinajstić information content (AvgIpc) is 3.27. The monoisotopic (exact) mass is 404 g/mol. The van der Waals surface area contributed by atoms with E-state index < -0.39 is 0 Å². The third-order valence-electron chi connectivity index (χ3n) is 5.09. The maximum Gasteiger partial charge on any atom is 0.251 e. The van der Waals surface area contributed by atoms with Crippen LogP contribution in [-0.2, 0) is 0 Å². The average molecular weight is 405 g/mol. The minimum Gasteiger partial charge on any atom is -0.493 e. The van der Waals surface area contributed by atoms with Crippen LogP contribution in [0.15, 0.2) is 29.6 Å². The number of hydrogen-bond acceptors (Lipinski definition) is 6. The minimum absolute atomic E-state index is 0.155. The van der Waals surface area contributed by atoms with Gasteiger partial charge in [-0.3, -0.25) is 9.69 Å². The molecule has 0 spiro atoms. The van der Waals surface area contributed by atoms with E-state index in [1.807, 2.05) is 0 Å². The third kappa shape index (κ3) is 4.59. The molecule has 2 aromatic rings. The Morgan fingerprint density at radius 3 is 2.32 bits per heavy atom. The second kappa shape index (κ2) is 9.80. The first kappa shape index (κ1) is 20.5. The van der Waals surface area contributed by atoms with Crippen LogP contribution in [0.25, 0.3) is 0 Å². The topological polar surface area (TPSA) is 60.0 Å². The number of hydrogen-bond donors (Lipinski definition) is 1. The zero-order valence-electron chi connectivity index (χ0n) is 16.7. The number of nitrogens with one attached hydrogen (secondary N) is 1. The van der Waals surface area contributed by atoms with Crippen molar-refractivity contribution in [1.82, 2.24) is 10.2 Å². The summed E-state index contributed by atoms with van der Waals surface area (Å²) < 4.78 is 16.0. The van der Waals surface area contributed by atoms with Crippen molar-refractivity contribution in [3.63, 3.8) is 0 Å². The van der Waals surface area contributed by atoms with Gasteiger partial charge in [0.1, 0.15) is 0 Å². The van der Waals surface area contributed by atoms with Crippen molar-refractivity contribution in [2.45, 2.75) is 25.3 Å². The van der Waals surface area contributed by atoms with Crippen LogP contribution in [0.3, 0.4) is 0 Å². The number of carbonyl (C=O) groups excluding carboxylic acids is 1. The molecule has 3 rings (SSSR count). The molecule has 0 saturated carbocycles. The highest BCUT2D eigenvalue weighted by atomic mass is 32.1. The van der Waals surface area contributed by atoms with E-state index >= 15 is 0 Å². The van der Waals surface area contributed by atoms with Crippen LogP contribution in [0.5, 0.6) is 17.2 Å². The van der Waals surface area contributed by atoms with E-state index in [1.165, 1.54) is 24.1 Å².